The van der Waals surface area contributed by atoms with Gasteiger partial charge in [-0.05, 0) is 71.5 Å². The maximum absolute atomic E-state index is 12.9. The third-order valence-electron chi connectivity index (χ3n) is 6.31. The summed E-state index contributed by atoms with van der Waals surface area (Å²) in [6.07, 6.45) is 1.06. The van der Waals surface area contributed by atoms with Crippen LogP contribution in [-0.2, 0) is 0 Å². The third-order valence-corrected chi connectivity index (χ3v) is 6.64. The van der Waals surface area contributed by atoms with Gasteiger partial charge in [0.2, 0.25) is 5.89 Å². The number of halogens is 1. The Morgan fingerprint density at radius 3 is 2.37 bits per heavy atom. The van der Waals surface area contributed by atoms with Crippen molar-refractivity contribution in [1.29, 1.82) is 0 Å². The Morgan fingerprint density at radius 2 is 1.63 bits per heavy atom. The number of nitrogens with zero attached hydrogens (tertiary/aromatic N) is 1. The fourth-order valence-electron chi connectivity index (χ4n) is 4.00. The lowest BCUT2D eigenvalue weighted by atomic mass is 9.98. The first-order valence-electron chi connectivity index (χ1n) is 11.7. The Hall–Kier alpha value is -3.89. The molecule has 0 bridgehead atoms. The van der Waals surface area contributed by atoms with Crippen molar-refractivity contribution in [2.24, 2.45) is 0 Å². The van der Waals surface area contributed by atoms with Gasteiger partial charge in [-0.3, -0.25) is 4.79 Å². The summed E-state index contributed by atoms with van der Waals surface area (Å²) in [6.45, 7) is 4.37. The number of amides is 1. The number of hydrogen-bond donors (Lipinski definition) is 1. The van der Waals surface area contributed by atoms with Crippen LogP contribution in [0.5, 0.6) is 0 Å². The fraction of sp³-hybridized carbons (Fsp3) is 0.133. The topological polar surface area (TPSA) is 55.1 Å². The zero-order chi connectivity index (χ0) is 24.4. The molecule has 5 rings (SSSR count). The van der Waals surface area contributed by atoms with Crippen molar-refractivity contribution in [1.82, 2.24) is 4.98 Å². The summed E-state index contributed by atoms with van der Waals surface area (Å²) in [7, 11) is 0. The van der Waals surface area contributed by atoms with E-state index in [1.807, 2.05) is 66.7 Å². The summed E-state index contributed by atoms with van der Waals surface area (Å²) in [6, 6.07) is 29.0. The van der Waals surface area contributed by atoms with Gasteiger partial charge in [0.15, 0.2) is 5.58 Å². The second-order valence-corrected chi connectivity index (χ2v) is 9.05. The highest BCUT2D eigenvalue weighted by Gasteiger charge is 2.14. The Labute approximate surface area is 209 Å². The first-order chi connectivity index (χ1) is 17.0. The highest BCUT2D eigenvalue weighted by Crippen LogP contribution is 2.32. The lowest BCUT2D eigenvalue weighted by Crippen LogP contribution is -2.12. The summed E-state index contributed by atoms with van der Waals surface area (Å²) in [5.74, 6) is 0.707. The summed E-state index contributed by atoms with van der Waals surface area (Å²) < 4.78 is 6.00. The quantitative estimate of drug-likeness (QED) is 0.264. The number of fused-ring (bicyclic) bond motifs is 1. The van der Waals surface area contributed by atoms with E-state index in [0.29, 0.717) is 28.1 Å². The van der Waals surface area contributed by atoms with Crippen LogP contribution in [0.3, 0.4) is 0 Å². The number of anilines is 1. The first-order valence-corrected chi connectivity index (χ1v) is 12.1. The van der Waals surface area contributed by atoms with Crippen molar-refractivity contribution in [3.05, 3.63) is 107 Å². The smallest absolute Gasteiger partial charge is 0.255 e. The van der Waals surface area contributed by atoms with Crippen molar-refractivity contribution in [2.75, 3.05) is 5.32 Å². The van der Waals surface area contributed by atoms with Gasteiger partial charge in [-0.1, -0.05) is 74.0 Å². The highest BCUT2D eigenvalue weighted by atomic mass is 35.5. The van der Waals surface area contributed by atoms with Crippen LogP contribution in [0.1, 0.15) is 42.1 Å². The van der Waals surface area contributed by atoms with Gasteiger partial charge in [-0.2, -0.15) is 0 Å². The molecule has 0 aliphatic rings. The number of aromatic nitrogens is 1. The second-order valence-electron chi connectivity index (χ2n) is 8.65. The molecular weight excluding hydrogens is 456 g/mol. The molecule has 0 radical (unpaired) electrons. The van der Waals surface area contributed by atoms with Crippen molar-refractivity contribution in [3.63, 3.8) is 0 Å². The van der Waals surface area contributed by atoms with Gasteiger partial charge in [-0.15, -0.1) is 0 Å². The average molecular weight is 481 g/mol. The average Bonchev–Trinajstić information content (AvgIpc) is 3.33. The summed E-state index contributed by atoms with van der Waals surface area (Å²) in [5.41, 5.74) is 6.73. The first kappa shape index (κ1) is 22.9. The van der Waals surface area contributed by atoms with Crippen LogP contribution in [-0.4, -0.2) is 10.9 Å². The van der Waals surface area contributed by atoms with Gasteiger partial charge in [0.25, 0.3) is 5.91 Å². The molecule has 1 aromatic heterocycles. The molecule has 1 amide bonds. The van der Waals surface area contributed by atoms with E-state index in [9.17, 15) is 4.79 Å². The van der Waals surface area contributed by atoms with E-state index >= 15 is 0 Å². The van der Waals surface area contributed by atoms with Crippen molar-refractivity contribution >= 4 is 34.3 Å². The molecular formula is C30H25ClN2O2. The van der Waals surface area contributed by atoms with E-state index in [0.717, 1.165) is 34.2 Å². The third kappa shape index (κ3) is 4.84. The molecule has 0 unspecified atom stereocenters. The van der Waals surface area contributed by atoms with Crippen LogP contribution >= 0.6 is 11.6 Å². The minimum atomic E-state index is -0.237. The highest BCUT2D eigenvalue weighted by molar-refractivity contribution is 6.34. The Morgan fingerprint density at radius 1 is 0.914 bits per heavy atom. The zero-order valence-corrected chi connectivity index (χ0v) is 20.3. The molecule has 5 aromatic rings. The lowest BCUT2D eigenvalue weighted by Gasteiger charge is -2.09. The largest absolute Gasteiger partial charge is 0.436 e. The van der Waals surface area contributed by atoms with E-state index in [1.165, 1.54) is 5.56 Å². The fourth-order valence-corrected chi connectivity index (χ4v) is 4.17. The number of oxazole rings is 1. The maximum Gasteiger partial charge on any atom is 0.255 e. The molecule has 0 aliphatic carbocycles. The summed E-state index contributed by atoms with van der Waals surface area (Å²) in [4.78, 5) is 17.6. The molecule has 4 aromatic carbocycles. The number of benzene rings is 4. The van der Waals surface area contributed by atoms with Gasteiger partial charge in [-0.25, -0.2) is 4.98 Å². The second kappa shape index (κ2) is 9.77. The van der Waals surface area contributed by atoms with Crippen LogP contribution in [0, 0.1) is 0 Å². The Kier molecular flexibility index (Phi) is 6.39. The standard InChI is InChI=1S/C30H25ClN2O2/c1-3-19(2)23-14-16-28-27(17-23)33-30(35-28)24-13-15-25(31)26(18-24)32-29(34)22-11-9-21(10-12-22)20-7-5-4-6-8-20/h4-19H,3H2,1-2H3,(H,32,34)/t19-/m1/s1. The summed E-state index contributed by atoms with van der Waals surface area (Å²) >= 11 is 6.41. The minimum absolute atomic E-state index is 0.237. The summed E-state index contributed by atoms with van der Waals surface area (Å²) in [5, 5.41) is 3.36. The van der Waals surface area contributed by atoms with Gasteiger partial charge >= 0.3 is 0 Å². The number of rotatable bonds is 6. The van der Waals surface area contributed by atoms with Crippen LogP contribution in [0.25, 0.3) is 33.7 Å². The molecule has 0 aliphatic heterocycles. The molecule has 0 saturated heterocycles. The lowest BCUT2D eigenvalue weighted by molar-refractivity contribution is 0.102. The maximum atomic E-state index is 12.9. The van der Waals surface area contributed by atoms with E-state index in [1.54, 1.807) is 12.1 Å². The molecule has 0 fully saturated rings. The van der Waals surface area contributed by atoms with E-state index in [-0.39, 0.29) is 5.91 Å². The van der Waals surface area contributed by atoms with E-state index in [2.05, 4.69) is 36.3 Å². The van der Waals surface area contributed by atoms with Crippen molar-refractivity contribution in [3.8, 4) is 22.6 Å². The zero-order valence-electron chi connectivity index (χ0n) is 19.6. The van der Waals surface area contributed by atoms with Crippen LogP contribution in [0.2, 0.25) is 5.02 Å². The number of carbonyl (C=O) groups excluding carboxylic acids is 1. The van der Waals surface area contributed by atoms with Gasteiger partial charge in [0.05, 0.1) is 10.7 Å². The van der Waals surface area contributed by atoms with E-state index in [4.69, 9.17) is 16.0 Å². The van der Waals surface area contributed by atoms with Crippen molar-refractivity contribution in [2.45, 2.75) is 26.2 Å². The van der Waals surface area contributed by atoms with Crippen LogP contribution < -0.4 is 5.32 Å². The number of nitrogens with one attached hydrogen (secondary N) is 1. The SMILES string of the molecule is CC[C@@H](C)c1ccc2oc(-c3ccc(Cl)c(NC(=O)c4ccc(-c5ccccc5)cc4)c3)nc2c1. The Bertz CT molecular complexity index is 1490. The molecule has 1 heterocycles. The monoisotopic (exact) mass is 480 g/mol. The minimum Gasteiger partial charge on any atom is -0.436 e. The molecule has 0 saturated carbocycles. The van der Waals surface area contributed by atoms with Gasteiger partial charge in [0, 0.05) is 11.1 Å². The Balaban J connectivity index is 1.38. The van der Waals surface area contributed by atoms with Gasteiger partial charge in [0.1, 0.15) is 5.52 Å². The number of carbonyl (C=O) groups is 1. The van der Waals surface area contributed by atoms with Crippen molar-refractivity contribution < 1.29 is 9.21 Å². The van der Waals surface area contributed by atoms with Gasteiger partial charge < -0.3 is 9.73 Å². The molecule has 4 nitrogen and oxygen atoms in total. The predicted octanol–water partition coefficient (Wildman–Crippen LogP) is 8.58. The predicted molar refractivity (Wildman–Crippen MR) is 143 cm³/mol. The van der Waals surface area contributed by atoms with Crippen LogP contribution in [0.15, 0.2) is 95.4 Å². The normalized spacial score (nSPS) is 12.0. The molecule has 0 spiro atoms. The molecule has 174 valence electrons. The van der Waals surface area contributed by atoms with E-state index < -0.39 is 0 Å². The number of hydrogen-bond acceptors (Lipinski definition) is 3. The van der Waals surface area contributed by atoms with Crippen LogP contribution in [0.4, 0.5) is 5.69 Å². The molecule has 1 N–H and O–H groups in total. The molecule has 1 atom stereocenters. The molecule has 5 heteroatoms. The molecule has 35 heavy (non-hydrogen) atoms.